The maximum absolute atomic E-state index is 13.8. The van der Waals surface area contributed by atoms with Crippen LogP contribution in [0, 0.1) is 17.5 Å². The lowest BCUT2D eigenvalue weighted by Gasteiger charge is -2.12. The molecule has 7 heteroatoms. The van der Waals surface area contributed by atoms with Crippen molar-refractivity contribution in [3.8, 4) is 17.1 Å². The largest absolute Gasteiger partial charge is 0.488 e. The zero-order valence-electron chi connectivity index (χ0n) is 14.4. The Hall–Kier alpha value is -3.61. The quantitative estimate of drug-likeness (QED) is 0.562. The number of hydrogen-bond donors (Lipinski definition) is 1. The first-order valence-electron chi connectivity index (χ1n) is 8.36. The molecule has 0 aliphatic carbocycles. The van der Waals surface area contributed by atoms with Gasteiger partial charge >= 0.3 is 0 Å². The Morgan fingerprint density at radius 2 is 1.64 bits per heavy atom. The number of halogens is 3. The minimum atomic E-state index is -0.737. The van der Waals surface area contributed by atoms with Crippen molar-refractivity contribution < 1.29 is 17.9 Å². The zero-order valence-corrected chi connectivity index (χ0v) is 14.4. The predicted octanol–water partition coefficient (Wildman–Crippen LogP) is 4.59. The van der Waals surface area contributed by atoms with E-state index >= 15 is 0 Å². The van der Waals surface area contributed by atoms with Crippen LogP contribution in [0.4, 0.5) is 13.2 Å². The van der Waals surface area contributed by atoms with Crippen LogP contribution in [0.1, 0.15) is 5.56 Å². The van der Waals surface area contributed by atoms with Crippen LogP contribution in [0.2, 0.25) is 0 Å². The van der Waals surface area contributed by atoms with Crippen LogP contribution in [0.25, 0.3) is 22.3 Å². The third-order valence-electron chi connectivity index (χ3n) is 4.13. The number of rotatable bonds is 4. The van der Waals surface area contributed by atoms with Crippen LogP contribution < -0.4 is 10.3 Å². The van der Waals surface area contributed by atoms with Gasteiger partial charge in [-0.25, -0.2) is 18.2 Å². The van der Waals surface area contributed by atoms with Crippen molar-refractivity contribution in [3.63, 3.8) is 0 Å². The molecule has 0 unspecified atom stereocenters. The van der Waals surface area contributed by atoms with Gasteiger partial charge in [-0.2, -0.15) is 0 Å². The van der Waals surface area contributed by atoms with E-state index in [1.165, 1.54) is 12.1 Å². The molecule has 3 aromatic carbocycles. The molecule has 0 saturated heterocycles. The number of para-hydroxylation sites is 1. The summed E-state index contributed by atoms with van der Waals surface area (Å²) >= 11 is 0. The minimum absolute atomic E-state index is 0.0862. The molecule has 0 saturated carbocycles. The Bertz CT molecular complexity index is 1220. The van der Waals surface area contributed by atoms with Crippen molar-refractivity contribution in [1.82, 2.24) is 9.97 Å². The van der Waals surface area contributed by atoms with Crippen LogP contribution in [-0.2, 0) is 6.61 Å². The van der Waals surface area contributed by atoms with E-state index in [4.69, 9.17) is 4.74 Å². The van der Waals surface area contributed by atoms with E-state index in [0.29, 0.717) is 16.5 Å². The van der Waals surface area contributed by atoms with Gasteiger partial charge in [0.05, 0.1) is 16.5 Å². The highest BCUT2D eigenvalue weighted by atomic mass is 19.1. The maximum Gasteiger partial charge on any atom is 0.259 e. The summed E-state index contributed by atoms with van der Waals surface area (Å²) in [4.78, 5) is 19.4. The molecule has 1 N–H and O–H groups in total. The predicted molar refractivity (Wildman–Crippen MR) is 98.4 cm³/mol. The number of H-pyrrole nitrogens is 1. The first-order valence-corrected chi connectivity index (χ1v) is 8.36. The molecule has 0 spiro atoms. The number of nitrogens with zero attached hydrogens (tertiary/aromatic N) is 1. The fourth-order valence-electron chi connectivity index (χ4n) is 2.88. The number of fused-ring (bicyclic) bond motifs is 1. The number of hydrogen-bond acceptors (Lipinski definition) is 3. The maximum atomic E-state index is 13.8. The van der Waals surface area contributed by atoms with Crippen molar-refractivity contribution in [2.75, 3.05) is 0 Å². The fourth-order valence-corrected chi connectivity index (χ4v) is 2.88. The van der Waals surface area contributed by atoms with Gasteiger partial charge in [0.2, 0.25) is 0 Å². The number of aromatic amines is 1. The van der Waals surface area contributed by atoms with Crippen LogP contribution in [-0.4, -0.2) is 9.97 Å². The van der Waals surface area contributed by atoms with Gasteiger partial charge in [0.15, 0.2) is 0 Å². The topological polar surface area (TPSA) is 55.0 Å². The van der Waals surface area contributed by atoms with Crippen LogP contribution in [0.15, 0.2) is 65.5 Å². The third-order valence-corrected chi connectivity index (χ3v) is 4.13. The Labute approximate surface area is 157 Å². The molecule has 1 heterocycles. The van der Waals surface area contributed by atoms with Crippen molar-refractivity contribution >= 4 is 10.9 Å². The second kappa shape index (κ2) is 7.19. The lowest BCUT2D eigenvalue weighted by molar-refractivity contribution is 0.304. The second-order valence-corrected chi connectivity index (χ2v) is 6.14. The number of ether oxygens (including phenoxy) is 1. The smallest absolute Gasteiger partial charge is 0.259 e. The molecule has 28 heavy (non-hydrogen) atoms. The molecule has 140 valence electrons. The highest BCUT2D eigenvalue weighted by Gasteiger charge is 2.13. The first-order chi connectivity index (χ1) is 13.5. The fraction of sp³-hybridized carbons (Fsp3) is 0.0476. The molecule has 0 bridgehead atoms. The Morgan fingerprint density at radius 1 is 0.893 bits per heavy atom. The monoisotopic (exact) mass is 382 g/mol. The Morgan fingerprint density at radius 3 is 2.43 bits per heavy atom. The van der Waals surface area contributed by atoms with E-state index in [1.54, 1.807) is 24.3 Å². The molecule has 0 aliphatic rings. The van der Waals surface area contributed by atoms with Crippen LogP contribution >= 0.6 is 0 Å². The highest BCUT2D eigenvalue weighted by Crippen LogP contribution is 2.29. The molecule has 1 aromatic heterocycles. The van der Waals surface area contributed by atoms with Gasteiger partial charge in [-0.15, -0.1) is 0 Å². The number of benzene rings is 3. The molecular formula is C21H13F3N2O2. The first kappa shape index (κ1) is 17.8. The third kappa shape index (κ3) is 3.59. The minimum Gasteiger partial charge on any atom is -0.488 e. The summed E-state index contributed by atoms with van der Waals surface area (Å²) in [6.45, 7) is -0.192. The highest BCUT2D eigenvalue weighted by molar-refractivity contribution is 5.80. The molecule has 0 radical (unpaired) electrons. The summed E-state index contributed by atoms with van der Waals surface area (Å²) < 4.78 is 46.0. The van der Waals surface area contributed by atoms with Crippen molar-refractivity contribution in [2.24, 2.45) is 0 Å². The summed E-state index contributed by atoms with van der Waals surface area (Å²) in [5.41, 5.74) is 0.723. The molecular weight excluding hydrogens is 369 g/mol. The summed E-state index contributed by atoms with van der Waals surface area (Å²) in [7, 11) is 0. The van der Waals surface area contributed by atoms with Crippen LogP contribution in [0.3, 0.4) is 0 Å². The van der Waals surface area contributed by atoms with Gasteiger partial charge in [-0.1, -0.05) is 12.1 Å². The molecule has 4 nitrogen and oxygen atoms in total. The standard InChI is InChI=1S/C21H13F3N2O2/c22-13-5-6-17(20-25-18-4-2-1-3-16(18)21(27)26-20)19(10-13)28-11-12-7-14(23)9-15(24)8-12/h1-10H,11H2,(H,25,26,27). The summed E-state index contributed by atoms with van der Waals surface area (Å²) in [5, 5.41) is 0.422. The molecule has 0 fully saturated rings. The average Bonchev–Trinajstić information content (AvgIpc) is 2.66. The second-order valence-electron chi connectivity index (χ2n) is 6.14. The van der Waals surface area contributed by atoms with Gasteiger partial charge in [0, 0.05) is 12.1 Å². The van der Waals surface area contributed by atoms with Crippen molar-refractivity contribution in [1.29, 1.82) is 0 Å². The van der Waals surface area contributed by atoms with E-state index in [1.807, 2.05) is 0 Å². The molecule has 4 rings (SSSR count). The zero-order chi connectivity index (χ0) is 19.7. The molecule has 0 amide bonds. The van der Waals surface area contributed by atoms with Gasteiger partial charge in [-0.3, -0.25) is 4.79 Å². The lowest BCUT2D eigenvalue weighted by atomic mass is 10.1. The number of aromatic nitrogens is 2. The Kier molecular flexibility index (Phi) is 4.57. The summed E-state index contributed by atoms with van der Waals surface area (Å²) in [5.74, 6) is -1.75. The summed E-state index contributed by atoms with van der Waals surface area (Å²) in [6, 6.07) is 13.6. The van der Waals surface area contributed by atoms with Crippen molar-refractivity contribution in [3.05, 3.63) is 94.0 Å². The van der Waals surface area contributed by atoms with Gasteiger partial charge in [-0.05, 0) is 42.0 Å². The molecule has 0 aliphatic heterocycles. The average molecular weight is 382 g/mol. The van der Waals surface area contributed by atoms with E-state index in [0.717, 1.165) is 24.3 Å². The molecule has 0 atom stereocenters. The van der Waals surface area contributed by atoms with Gasteiger partial charge in [0.1, 0.15) is 35.6 Å². The van der Waals surface area contributed by atoms with E-state index in [2.05, 4.69) is 9.97 Å². The van der Waals surface area contributed by atoms with E-state index in [-0.39, 0.29) is 29.3 Å². The molecule has 4 aromatic rings. The SMILES string of the molecule is O=c1[nH]c(-c2ccc(F)cc2OCc2cc(F)cc(F)c2)nc2ccccc12. The van der Waals surface area contributed by atoms with E-state index < -0.39 is 17.5 Å². The van der Waals surface area contributed by atoms with Crippen LogP contribution in [0.5, 0.6) is 5.75 Å². The van der Waals surface area contributed by atoms with E-state index in [9.17, 15) is 18.0 Å². The van der Waals surface area contributed by atoms with Gasteiger partial charge < -0.3 is 9.72 Å². The Balaban J connectivity index is 1.74. The van der Waals surface area contributed by atoms with Crippen molar-refractivity contribution in [2.45, 2.75) is 6.61 Å². The number of nitrogens with one attached hydrogen (secondary N) is 1. The lowest BCUT2D eigenvalue weighted by Crippen LogP contribution is -2.10. The van der Waals surface area contributed by atoms with Gasteiger partial charge in [0.25, 0.3) is 5.56 Å². The normalized spacial score (nSPS) is 11.0. The summed E-state index contributed by atoms with van der Waals surface area (Å²) in [6.07, 6.45) is 0.